The Kier molecular flexibility index (Phi) is 4.57. The van der Waals surface area contributed by atoms with Crippen LogP contribution in [0.5, 0.6) is 5.75 Å². The molecule has 0 aromatic heterocycles. The third kappa shape index (κ3) is 3.01. The molecule has 0 unspecified atom stereocenters. The van der Waals surface area contributed by atoms with Crippen LogP contribution in [0.3, 0.4) is 0 Å². The van der Waals surface area contributed by atoms with Gasteiger partial charge in [0.15, 0.2) is 0 Å². The molecule has 3 aromatic rings. The number of nitrogens with one attached hydrogen (secondary N) is 1. The van der Waals surface area contributed by atoms with Crippen molar-refractivity contribution in [1.82, 2.24) is 5.32 Å². The largest absolute Gasteiger partial charge is 0.508 e. The number of hydrogen-bond acceptors (Lipinski definition) is 4. The highest BCUT2D eigenvalue weighted by molar-refractivity contribution is 5.98. The van der Waals surface area contributed by atoms with Crippen LogP contribution in [0.15, 0.2) is 72.8 Å². The van der Waals surface area contributed by atoms with E-state index in [1.165, 1.54) is 31.4 Å². The topological polar surface area (TPSA) is 75.6 Å². The quantitative estimate of drug-likeness (QED) is 0.687. The third-order valence-corrected chi connectivity index (χ3v) is 5.09. The van der Waals surface area contributed by atoms with E-state index < -0.39 is 17.9 Å². The second kappa shape index (κ2) is 7.19. The highest BCUT2D eigenvalue weighted by Gasteiger charge is 2.39. The van der Waals surface area contributed by atoms with Gasteiger partial charge in [-0.25, -0.2) is 4.79 Å². The van der Waals surface area contributed by atoms with Crippen molar-refractivity contribution in [2.24, 2.45) is 0 Å². The SMILES string of the molecule is COC(=O)[C@@H](NC(=O)c1ccc(O)cc1)C1c2ccccc2-c2ccccc21. The minimum absolute atomic E-state index is 0.0692. The van der Waals surface area contributed by atoms with Gasteiger partial charge in [-0.2, -0.15) is 0 Å². The van der Waals surface area contributed by atoms with Crippen molar-refractivity contribution in [3.63, 3.8) is 0 Å². The lowest BCUT2D eigenvalue weighted by molar-refractivity contribution is -0.143. The summed E-state index contributed by atoms with van der Waals surface area (Å²) in [6, 6.07) is 20.8. The number of esters is 1. The summed E-state index contributed by atoms with van der Waals surface area (Å²) in [6.07, 6.45) is 0. The molecular weight excluding hydrogens is 354 g/mol. The predicted octanol–water partition coefficient (Wildman–Crippen LogP) is 3.48. The van der Waals surface area contributed by atoms with Crippen LogP contribution in [-0.2, 0) is 9.53 Å². The Morgan fingerprint density at radius 3 is 1.96 bits per heavy atom. The number of phenolic OH excluding ortho intramolecular Hbond substituents is 1. The summed E-state index contributed by atoms with van der Waals surface area (Å²) in [4.78, 5) is 25.4. The number of phenols is 1. The molecule has 0 radical (unpaired) electrons. The first-order valence-electron chi connectivity index (χ1n) is 8.96. The molecule has 1 atom stereocenters. The first-order valence-corrected chi connectivity index (χ1v) is 8.96. The van der Waals surface area contributed by atoms with E-state index in [1.54, 1.807) is 0 Å². The van der Waals surface area contributed by atoms with Gasteiger partial charge in [0.25, 0.3) is 5.91 Å². The van der Waals surface area contributed by atoms with Crippen LogP contribution in [0.1, 0.15) is 27.4 Å². The van der Waals surface area contributed by atoms with E-state index in [0.29, 0.717) is 5.56 Å². The molecule has 5 heteroatoms. The fourth-order valence-corrected chi connectivity index (χ4v) is 3.80. The molecule has 1 amide bonds. The van der Waals surface area contributed by atoms with E-state index in [4.69, 9.17) is 4.74 Å². The number of amides is 1. The number of fused-ring (bicyclic) bond motifs is 3. The van der Waals surface area contributed by atoms with Crippen molar-refractivity contribution < 1.29 is 19.4 Å². The number of hydrogen-bond donors (Lipinski definition) is 2. The summed E-state index contributed by atoms with van der Waals surface area (Å²) < 4.78 is 5.02. The fourth-order valence-electron chi connectivity index (χ4n) is 3.80. The van der Waals surface area contributed by atoms with Crippen LogP contribution in [0.4, 0.5) is 0 Å². The van der Waals surface area contributed by atoms with Crippen molar-refractivity contribution in [1.29, 1.82) is 0 Å². The molecule has 0 saturated heterocycles. The Morgan fingerprint density at radius 1 is 0.893 bits per heavy atom. The zero-order valence-corrected chi connectivity index (χ0v) is 15.3. The lowest BCUT2D eigenvalue weighted by atomic mass is 9.89. The summed E-state index contributed by atoms with van der Waals surface area (Å²) in [5.41, 5.74) is 4.41. The summed E-state index contributed by atoms with van der Waals surface area (Å²) >= 11 is 0. The minimum Gasteiger partial charge on any atom is -0.508 e. The molecule has 28 heavy (non-hydrogen) atoms. The molecule has 3 aromatic carbocycles. The zero-order chi connectivity index (χ0) is 19.7. The number of ether oxygens (including phenoxy) is 1. The molecule has 0 spiro atoms. The lowest BCUT2D eigenvalue weighted by Crippen LogP contribution is -2.45. The Morgan fingerprint density at radius 2 is 1.43 bits per heavy atom. The van der Waals surface area contributed by atoms with Crippen molar-refractivity contribution in [3.05, 3.63) is 89.5 Å². The highest BCUT2D eigenvalue weighted by Crippen LogP contribution is 2.46. The molecule has 0 fully saturated rings. The van der Waals surface area contributed by atoms with Crippen LogP contribution in [-0.4, -0.2) is 30.1 Å². The highest BCUT2D eigenvalue weighted by atomic mass is 16.5. The van der Waals surface area contributed by atoms with Crippen LogP contribution >= 0.6 is 0 Å². The van der Waals surface area contributed by atoms with E-state index >= 15 is 0 Å². The van der Waals surface area contributed by atoms with Gasteiger partial charge in [0, 0.05) is 11.5 Å². The number of rotatable bonds is 4. The first-order chi connectivity index (χ1) is 13.6. The average Bonchev–Trinajstić information content (AvgIpc) is 3.06. The van der Waals surface area contributed by atoms with Crippen LogP contribution in [0, 0.1) is 0 Å². The van der Waals surface area contributed by atoms with Gasteiger partial charge in [-0.05, 0) is 46.5 Å². The molecular formula is C23H19NO4. The maximum absolute atomic E-state index is 12.8. The third-order valence-electron chi connectivity index (χ3n) is 5.09. The van der Waals surface area contributed by atoms with Crippen molar-refractivity contribution in [2.45, 2.75) is 12.0 Å². The predicted molar refractivity (Wildman–Crippen MR) is 105 cm³/mol. The molecule has 0 aliphatic heterocycles. The van der Waals surface area contributed by atoms with Crippen LogP contribution in [0.25, 0.3) is 11.1 Å². The number of benzene rings is 3. The molecule has 0 bridgehead atoms. The van der Waals surface area contributed by atoms with Gasteiger partial charge < -0.3 is 15.2 Å². The molecule has 140 valence electrons. The van der Waals surface area contributed by atoms with E-state index in [0.717, 1.165) is 22.3 Å². The molecule has 4 rings (SSSR count). The Balaban J connectivity index is 1.75. The van der Waals surface area contributed by atoms with Gasteiger partial charge in [0.05, 0.1) is 7.11 Å². The van der Waals surface area contributed by atoms with Gasteiger partial charge in [0.1, 0.15) is 11.8 Å². The van der Waals surface area contributed by atoms with Gasteiger partial charge in [-0.1, -0.05) is 48.5 Å². The lowest BCUT2D eigenvalue weighted by Gasteiger charge is -2.24. The van der Waals surface area contributed by atoms with Gasteiger partial charge in [-0.15, -0.1) is 0 Å². The van der Waals surface area contributed by atoms with Gasteiger partial charge in [-0.3, -0.25) is 4.79 Å². The summed E-state index contributed by atoms with van der Waals surface area (Å²) in [7, 11) is 1.31. The second-order valence-corrected chi connectivity index (χ2v) is 6.67. The number of carbonyl (C=O) groups is 2. The van der Waals surface area contributed by atoms with Crippen molar-refractivity contribution >= 4 is 11.9 Å². The van der Waals surface area contributed by atoms with Crippen molar-refractivity contribution in [3.8, 4) is 16.9 Å². The minimum atomic E-state index is -0.879. The smallest absolute Gasteiger partial charge is 0.329 e. The monoisotopic (exact) mass is 373 g/mol. The zero-order valence-electron chi connectivity index (χ0n) is 15.3. The van der Waals surface area contributed by atoms with E-state index in [-0.39, 0.29) is 11.7 Å². The Bertz CT molecular complexity index is 997. The van der Waals surface area contributed by atoms with E-state index in [1.807, 2.05) is 48.5 Å². The van der Waals surface area contributed by atoms with E-state index in [9.17, 15) is 14.7 Å². The van der Waals surface area contributed by atoms with Crippen molar-refractivity contribution in [2.75, 3.05) is 7.11 Å². The fraction of sp³-hybridized carbons (Fsp3) is 0.130. The Hall–Kier alpha value is -3.60. The molecule has 5 nitrogen and oxygen atoms in total. The maximum atomic E-state index is 12.8. The maximum Gasteiger partial charge on any atom is 0.329 e. The van der Waals surface area contributed by atoms with Crippen LogP contribution in [0.2, 0.25) is 0 Å². The molecule has 0 saturated carbocycles. The van der Waals surface area contributed by atoms with Crippen LogP contribution < -0.4 is 5.32 Å². The first kappa shape index (κ1) is 17.8. The second-order valence-electron chi connectivity index (χ2n) is 6.67. The van der Waals surface area contributed by atoms with Gasteiger partial charge >= 0.3 is 5.97 Å². The molecule has 1 aliphatic carbocycles. The summed E-state index contributed by atoms with van der Waals surface area (Å²) in [5.74, 6) is -1.19. The standard InChI is InChI=1S/C23H19NO4/c1-28-23(27)21(24-22(26)14-10-12-15(25)13-11-14)20-18-8-4-2-6-16(18)17-7-3-5-9-19(17)20/h2-13,20-21,25H,1H3,(H,24,26)/t21-/m0/s1. The number of methoxy groups -OCH3 is 1. The number of carbonyl (C=O) groups excluding carboxylic acids is 2. The Labute approximate surface area is 162 Å². The summed E-state index contributed by atoms with van der Waals surface area (Å²) in [6.45, 7) is 0. The molecule has 1 aliphatic rings. The van der Waals surface area contributed by atoms with Gasteiger partial charge in [0.2, 0.25) is 0 Å². The summed E-state index contributed by atoms with van der Waals surface area (Å²) in [5, 5.41) is 12.3. The van der Waals surface area contributed by atoms with E-state index in [2.05, 4.69) is 5.32 Å². The normalized spacial score (nSPS) is 13.3. The number of aromatic hydroxyl groups is 1. The molecule has 2 N–H and O–H groups in total. The average molecular weight is 373 g/mol. The molecule has 0 heterocycles.